The number of nitrogens with zero attached hydrogens (tertiary/aromatic N) is 3. The van der Waals surface area contributed by atoms with Crippen LogP contribution in [0.2, 0.25) is 5.02 Å². The molecule has 1 fully saturated rings. The number of rotatable bonds is 3. The molecular weight excluding hydrogens is 276 g/mol. The summed E-state index contributed by atoms with van der Waals surface area (Å²) in [6, 6.07) is 7.70. The number of benzene rings is 1. The fraction of sp³-hybridized carbons (Fsp3) is 0.429. The van der Waals surface area contributed by atoms with Gasteiger partial charge in [0.15, 0.2) is 5.82 Å². The van der Waals surface area contributed by atoms with Crippen molar-refractivity contribution in [3.8, 4) is 11.5 Å². The van der Waals surface area contributed by atoms with Gasteiger partial charge in [0.2, 0.25) is 0 Å². The highest BCUT2D eigenvalue weighted by molar-refractivity contribution is 6.33. The van der Waals surface area contributed by atoms with Gasteiger partial charge in [-0.3, -0.25) is 4.90 Å². The van der Waals surface area contributed by atoms with Crippen LogP contribution in [0.5, 0.6) is 0 Å². The first-order valence-electron chi connectivity index (χ1n) is 6.78. The van der Waals surface area contributed by atoms with E-state index in [1.807, 2.05) is 24.3 Å². The van der Waals surface area contributed by atoms with Crippen LogP contribution in [0.15, 0.2) is 28.8 Å². The zero-order valence-corrected chi connectivity index (χ0v) is 11.9. The molecule has 1 unspecified atom stereocenters. The zero-order chi connectivity index (χ0) is 13.9. The lowest BCUT2D eigenvalue weighted by molar-refractivity contribution is 0.195. The summed E-state index contributed by atoms with van der Waals surface area (Å²) in [6.45, 7) is 2.58. The minimum atomic E-state index is 0.249. The maximum atomic E-state index is 6.12. The lowest BCUT2D eigenvalue weighted by atomic mass is 10.1. The molecule has 0 aliphatic carbocycles. The minimum Gasteiger partial charge on any atom is -0.334 e. The Hall–Kier alpha value is -1.43. The number of aromatic nitrogens is 2. The van der Waals surface area contributed by atoms with Crippen molar-refractivity contribution in [2.75, 3.05) is 13.1 Å². The molecule has 2 aromatic rings. The Balaban J connectivity index is 1.72. The van der Waals surface area contributed by atoms with Crippen molar-refractivity contribution in [1.82, 2.24) is 15.0 Å². The van der Waals surface area contributed by atoms with Crippen molar-refractivity contribution in [3.05, 3.63) is 35.1 Å². The SMILES string of the molecule is NC1CCCN(Cc2noc(-c3ccccc3Cl)n2)C1. The minimum absolute atomic E-state index is 0.249. The molecule has 2 heterocycles. The molecule has 0 bridgehead atoms. The van der Waals surface area contributed by atoms with Crippen molar-refractivity contribution in [2.45, 2.75) is 25.4 Å². The first kappa shape index (κ1) is 13.5. The third-order valence-corrected chi connectivity index (χ3v) is 3.81. The molecule has 1 aliphatic heterocycles. The van der Waals surface area contributed by atoms with Crippen LogP contribution in [0, 0.1) is 0 Å². The van der Waals surface area contributed by atoms with Gasteiger partial charge in [0, 0.05) is 12.6 Å². The predicted molar refractivity (Wildman–Crippen MR) is 77.2 cm³/mol. The molecule has 3 rings (SSSR count). The number of hydrogen-bond acceptors (Lipinski definition) is 5. The summed E-state index contributed by atoms with van der Waals surface area (Å²) in [6.07, 6.45) is 2.21. The van der Waals surface area contributed by atoms with Crippen molar-refractivity contribution < 1.29 is 4.52 Å². The smallest absolute Gasteiger partial charge is 0.259 e. The van der Waals surface area contributed by atoms with E-state index >= 15 is 0 Å². The maximum absolute atomic E-state index is 6.12. The van der Waals surface area contributed by atoms with E-state index in [1.165, 1.54) is 0 Å². The molecule has 0 spiro atoms. The fourth-order valence-corrected chi connectivity index (χ4v) is 2.71. The fourth-order valence-electron chi connectivity index (χ4n) is 2.50. The molecule has 1 atom stereocenters. The Labute approximate surface area is 122 Å². The molecule has 0 saturated carbocycles. The maximum Gasteiger partial charge on any atom is 0.259 e. The third kappa shape index (κ3) is 3.00. The first-order valence-corrected chi connectivity index (χ1v) is 7.15. The summed E-state index contributed by atoms with van der Waals surface area (Å²) in [5.74, 6) is 1.14. The summed E-state index contributed by atoms with van der Waals surface area (Å²) in [5.41, 5.74) is 6.74. The molecule has 1 aliphatic rings. The Bertz CT molecular complexity index is 586. The van der Waals surface area contributed by atoms with E-state index in [0.717, 1.165) is 31.5 Å². The van der Waals surface area contributed by atoms with Crippen molar-refractivity contribution in [3.63, 3.8) is 0 Å². The normalized spacial score (nSPS) is 20.2. The van der Waals surface area contributed by atoms with Gasteiger partial charge in [-0.2, -0.15) is 4.98 Å². The van der Waals surface area contributed by atoms with Gasteiger partial charge in [-0.05, 0) is 31.5 Å². The molecule has 2 N–H and O–H groups in total. The monoisotopic (exact) mass is 292 g/mol. The molecule has 106 valence electrons. The van der Waals surface area contributed by atoms with Crippen LogP contribution < -0.4 is 5.73 Å². The van der Waals surface area contributed by atoms with Gasteiger partial charge in [0.05, 0.1) is 17.1 Å². The quantitative estimate of drug-likeness (QED) is 0.940. The van der Waals surface area contributed by atoms with E-state index < -0.39 is 0 Å². The standard InChI is InChI=1S/C14H17ClN4O/c15-12-6-2-1-5-11(12)14-17-13(18-20-14)9-19-7-3-4-10(16)8-19/h1-2,5-6,10H,3-4,7-9,16H2. The van der Waals surface area contributed by atoms with Crippen LogP contribution in [-0.4, -0.2) is 34.2 Å². The van der Waals surface area contributed by atoms with Gasteiger partial charge in [-0.15, -0.1) is 0 Å². The number of nitrogens with two attached hydrogens (primary N) is 1. The summed E-state index contributed by atoms with van der Waals surface area (Å²) in [5, 5.41) is 4.64. The summed E-state index contributed by atoms with van der Waals surface area (Å²) in [4.78, 5) is 6.68. The van der Waals surface area contributed by atoms with E-state index in [2.05, 4.69) is 15.0 Å². The van der Waals surface area contributed by atoms with Crippen LogP contribution in [0.4, 0.5) is 0 Å². The second kappa shape index (κ2) is 5.91. The summed E-state index contributed by atoms with van der Waals surface area (Å²) >= 11 is 6.12. The van der Waals surface area contributed by atoms with E-state index in [4.69, 9.17) is 21.9 Å². The number of halogens is 1. The summed E-state index contributed by atoms with van der Waals surface area (Å²) in [7, 11) is 0. The van der Waals surface area contributed by atoms with Crippen LogP contribution >= 0.6 is 11.6 Å². The molecule has 1 saturated heterocycles. The number of likely N-dealkylation sites (tertiary alicyclic amines) is 1. The van der Waals surface area contributed by atoms with E-state index in [-0.39, 0.29) is 6.04 Å². The van der Waals surface area contributed by atoms with Gasteiger partial charge in [0.25, 0.3) is 5.89 Å². The van der Waals surface area contributed by atoms with E-state index in [0.29, 0.717) is 23.3 Å². The molecule has 0 amide bonds. The average Bonchev–Trinajstić information content (AvgIpc) is 2.87. The van der Waals surface area contributed by atoms with Crippen LogP contribution in [0.1, 0.15) is 18.7 Å². The Morgan fingerprint density at radius 3 is 3.05 bits per heavy atom. The average molecular weight is 293 g/mol. The highest BCUT2D eigenvalue weighted by Crippen LogP contribution is 2.26. The van der Waals surface area contributed by atoms with Crippen molar-refractivity contribution in [1.29, 1.82) is 0 Å². The van der Waals surface area contributed by atoms with Gasteiger partial charge in [-0.25, -0.2) is 0 Å². The second-order valence-corrected chi connectivity index (χ2v) is 5.54. The largest absolute Gasteiger partial charge is 0.334 e. The predicted octanol–water partition coefficient (Wildman–Crippen LogP) is 2.31. The van der Waals surface area contributed by atoms with E-state index in [1.54, 1.807) is 0 Å². The highest BCUT2D eigenvalue weighted by atomic mass is 35.5. The molecule has 5 nitrogen and oxygen atoms in total. The van der Waals surface area contributed by atoms with Crippen LogP contribution in [0.3, 0.4) is 0 Å². The van der Waals surface area contributed by atoms with Crippen molar-refractivity contribution in [2.24, 2.45) is 5.73 Å². The third-order valence-electron chi connectivity index (χ3n) is 3.48. The topological polar surface area (TPSA) is 68.2 Å². The number of hydrogen-bond donors (Lipinski definition) is 1. The lowest BCUT2D eigenvalue weighted by Crippen LogP contribution is -2.42. The molecule has 6 heteroatoms. The zero-order valence-electron chi connectivity index (χ0n) is 11.1. The van der Waals surface area contributed by atoms with Crippen LogP contribution in [-0.2, 0) is 6.54 Å². The molecule has 1 aromatic carbocycles. The Morgan fingerprint density at radius 1 is 1.40 bits per heavy atom. The van der Waals surface area contributed by atoms with Gasteiger partial charge in [0.1, 0.15) is 0 Å². The molecule has 20 heavy (non-hydrogen) atoms. The van der Waals surface area contributed by atoms with Crippen LogP contribution in [0.25, 0.3) is 11.5 Å². The first-order chi connectivity index (χ1) is 9.72. The Morgan fingerprint density at radius 2 is 2.25 bits per heavy atom. The summed E-state index contributed by atoms with van der Waals surface area (Å²) < 4.78 is 5.30. The highest BCUT2D eigenvalue weighted by Gasteiger charge is 2.19. The van der Waals surface area contributed by atoms with Crippen molar-refractivity contribution >= 4 is 11.6 Å². The van der Waals surface area contributed by atoms with Gasteiger partial charge < -0.3 is 10.3 Å². The van der Waals surface area contributed by atoms with Gasteiger partial charge in [-0.1, -0.05) is 28.9 Å². The molecular formula is C14H17ClN4O. The lowest BCUT2D eigenvalue weighted by Gasteiger charge is -2.29. The molecule has 0 radical (unpaired) electrons. The number of piperidine rings is 1. The molecule has 1 aromatic heterocycles. The Kier molecular flexibility index (Phi) is 4.00. The van der Waals surface area contributed by atoms with E-state index in [9.17, 15) is 0 Å². The second-order valence-electron chi connectivity index (χ2n) is 5.13. The van der Waals surface area contributed by atoms with Gasteiger partial charge >= 0.3 is 0 Å².